The zero-order valence-corrected chi connectivity index (χ0v) is 13.2. The summed E-state index contributed by atoms with van der Waals surface area (Å²) in [5.74, 6) is -0.169. The number of hydrogen-bond donors (Lipinski definition) is 1. The third-order valence-corrected chi connectivity index (χ3v) is 3.59. The van der Waals surface area contributed by atoms with E-state index in [0.29, 0.717) is 5.56 Å². The fourth-order valence-corrected chi connectivity index (χ4v) is 2.13. The molecule has 1 rings (SSSR count). The van der Waals surface area contributed by atoms with Crippen LogP contribution in [0.25, 0.3) is 0 Å². The van der Waals surface area contributed by atoms with Gasteiger partial charge < -0.3 is 15.5 Å². The molecule has 0 aliphatic heterocycles. The van der Waals surface area contributed by atoms with E-state index < -0.39 is 0 Å². The number of halogens is 1. The lowest BCUT2D eigenvalue weighted by Gasteiger charge is -2.20. The first-order valence-electron chi connectivity index (χ1n) is 7.25. The SMILES string of the molecule is Cc1ccc(C(N)CCN(C)CCCN(C)C)cc1F. The van der Waals surface area contributed by atoms with E-state index in [2.05, 4.69) is 30.9 Å². The van der Waals surface area contributed by atoms with E-state index in [1.807, 2.05) is 6.07 Å². The van der Waals surface area contributed by atoms with E-state index in [0.717, 1.165) is 38.0 Å². The standard InChI is InChI=1S/C16H28FN3/c1-13-6-7-14(12-15(13)17)16(18)8-11-20(4)10-5-9-19(2)3/h6-7,12,16H,5,8-11,18H2,1-4H3. The van der Waals surface area contributed by atoms with E-state index >= 15 is 0 Å². The zero-order valence-electron chi connectivity index (χ0n) is 13.2. The molecule has 0 amide bonds. The van der Waals surface area contributed by atoms with Crippen molar-refractivity contribution in [3.05, 3.63) is 35.1 Å². The van der Waals surface area contributed by atoms with E-state index in [9.17, 15) is 4.39 Å². The summed E-state index contributed by atoms with van der Waals surface area (Å²) in [6.45, 7) is 4.86. The molecule has 2 N–H and O–H groups in total. The number of hydrogen-bond acceptors (Lipinski definition) is 3. The first-order valence-corrected chi connectivity index (χ1v) is 7.25. The number of benzene rings is 1. The molecule has 0 heterocycles. The Balaban J connectivity index is 2.34. The van der Waals surface area contributed by atoms with Crippen LogP contribution < -0.4 is 5.73 Å². The van der Waals surface area contributed by atoms with Gasteiger partial charge in [-0.05, 0) is 77.7 Å². The van der Waals surface area contributed by atoms with Crippen molar-refractivity contribution in [2.45, 2.75) is 25.8 Å². The highest BCUT2D eigenvalue weighted by Crippen LogP contribution is 2.17. The van der Waals surface area contributed by atoms with Gasteiger partial charge in [-0.15, -0.1) is 0 Å². The third kappa shape index (κ3) is 5.99. The molecule has 0 spiro atoms. The van der Waals surface area contributed by atoms with Crippen molar-refractivity contribution in [2.24, 2.45) is 5.73 Å². The molecule has 1 atom stereocenters. The second-order valence-electron chi connectivity index (χ2n) is 5.86. The van der Waals surface area contributed by atoms with Crippen LogP contribution in [0.2, 0.25) is 0 Å². The molecule has 1 aromatic rings. The molecule has 0 aliphatic rings. The van der Waals surface area contributed by atoms with Crippen molar-refractivity contribution < 1.29 is 4.39 Å². The fourth-order valence-electron chi connectivity index (χ4n) is 2.13. The Labute approximate surface area is 122 Å². The lowest BCUT2D eigenvalue weighted by atomic mass is 10.0. The fraction of sp³-hybridized carbons (Fsp3) is 0.625. The first-order chi connectivity index (χ1) is 9.40. The van der Waals surface area contributed by atoms with E-state index in [1.165, 1.54) is 0 Å². The van der Waals surface area contributed by atoms with Crippen LogP contribution in [0.1, 0.15) is 30.0 Å². The Kier molecular flexibility index (Phi) is 7.13. The largest absolute Gasteiger partial charge is 0.324 e. The Hall–Kier alpha value is -0.970. The molecule has 0 fully saturated rings. The third-order valence-electron chi connectivity index (χ3n) is 3.59. The van der Waals surface area contributed by atoms with Crippen molar-refractivity contribution in [3.63, 3.8) is 0 Å². The molecule has 0 saturated heterocycles. The van der Waals surface area contributed by atoms with Crippen LogP contribution in [0.15, 0.2) is 18.2 Å². The molecule has 20 heavy (non-hydrogen) atoms. The summed E-state index contributed by atoms with van der Waals surface area (Å²) in [5.41, 5.74) is 7.69. The van der Waals surface area contributed by atoms with Crippen molar-refractivity contribution in [1.29, 1.82) is 0 Å². The molecule has 0 bridgehead atoms. The Morgan fingerprint density at radius 1 is 1.15 bits per heavy atom. The van der Waals surface area contributed by atoms with Gasteiger partial charge in [0.25, 0.3) is 0 Å². The second kappa shape index (κ2) is 8.35. The van der Waals surface area contributed by atoms with Crippen molar-refractivity contribution >= 4 is 0 Å². The second-order valence-corrected chi connectivity index (χ2v) is 5.86. The zero-order chi connectivity index (χ0) is 15.1. The average Bonchev–Trinajstić information content (AvgIpc) is 2.38. The van der Waals surface area contributed by atoms with E-state index in [1.54, 1.807) is 19.1 Å². The van der Waals surface area contributed by atoms with Crippen molar-refractivity contribution in [3.8, 4) is 0 Å². The molecule has 0 aliphatic carbocycles. The smallest absolute Gasteiger partial charge is 0.126 e. The lowest BCUT2D eigenvalue weighted by molar-refractivity contribution is 0.291. The predicted molar refractivity (Wildman–Crippen MR) is 83.4 cm³/mol. The summed E-state index contributed by atoms with van der Waals surface area (Å²) in [7, 11) is 6.28. The summed E-state index contributed by atoms with van der Waals surface area (Å²) in [5, 5.41) is 0. The molecule has 1 unspecified atom stereocenters. The Morgan fingerprint density at radius 2 is 1.85 bits per heavy atom. The maximum absolute atomic E-state index is 13.5. The Morgan fingerprint density at radius 3 is 2.45 bits per heavy atom. The minimum Gasteiger partial charge on any atom is -0.324 e. The van der Waals surface area contributed by atoms with Gasteiger partial charge in [-0.1, -0.05) is 12.1 Å². The van der Waals surface area contributed by atoms with Gasteiger partial charge in [0, 0.05) is 6.04 Å². The maximum atomic E-state index is 13.5. The molecule has 4 heteroatoms. The van der Waals surface area contributed by atoms with Gasteiger partial charge in [0.2, 0.25) is 0 Å². The number of rotatable bonds is 8. The highest BCUT2D eigenvalue weighted by Gasteiger charge is 2.09. The minimum absolute atomic E-state index is 0.0959. The predicted octanol–water partition coefficient (Wildman–Crippen LogP) is 2.41. The van der Waals surface area contributed by atoms with Gasteiger partial charge >= 0.3 is 0 Å². The molecular weight excluding hydrogens is 253 g/mol. The van der Waals surface area contributed by atoms with Gasteiger partial charge in [0.15, 0.2) is 0 Å². The normalized spacial score (nSPS) is 13.2. The molecular formula is C16H28FN3. The van der Waals surface area contributed by atoms with Crippen LogP contribution in [0.5, 0.6) is 0 Å². The van der Waals surface area contributed by atoms with Crippen LogP contribution >= 0.6 is 0 Å². The number of nitrogens with two attached hydrogens (primary N) is 1. The molecule has 1 aromatic carbocycles. The molecule has 0 saturated carbocycles. The number of aryl methyl sites for hydroxylation is 1. The summed E-state index contributed by atoms with van der Waals surface area (Å²) in [6, 6.07) is 5.19. The summed E-state index contributed by atoms with van der Waals surface area (Å²) in [6.07, 6.45) is 2.00. The van der Waals surface area contributed by atoms with Crippen LogP contribution in [0.3, 0.4) is 0 Å². The van der Waals surface area contributed by atoms with Gasteiger partial charge in [0.05, 0.1) is 0 Å². The minimum atomic E-state index is -0.169. The monoisotopic (exact) mass is 281 g/mol. The Bertz CT molecular complexity index is 407. The van der Waals surface area contributed by atoms with E-state index in [4.69, 9.17) is 5.73 Å². The number of nitrogens with zero attached hydrogens (tertiary/aromatic N) is 2. The molecule has 0 aromatic heterocycles. The first kappa shape index (κ1) is 17.1. The van der Waals surface area contributed by atoms with Crippen LogP contribution in [-0.4, -0.2) is 50.6 Å². The highest BCUT2D eigenvalue weighted by atomic mass is 19.1. The topological polar surface area (TPSA) is 32.5 Å². The van der Waals surface area contributed by atoms with Gasteiger partial charge in [0.1, 0.15) is 5.82 Å². The molecule has 114 valence electrons. The van der Waals surface area contributed by atoms with E-state index in [-0.39, 0.29) is 11.9 Å². The van der Waals surface area contributed by atoms with Crippen molar-refractivity contribution in [1.82, 2.24) is 9.80 Å². The molecule has 3 nitrogen and oxygen atoms in total. The summed E-state index contributed by atoms with van der Waals surface area (Å²) >= 11 is 0. The van der Waals surface area contributed by atoms with Crippen LogP contribution in [-0.2, 0) is 0 Å². The van der Waals surface area contributed by atoms with Gasteiger partial charge in [-0.25, -0.2) is 4.39 Å². The van der Waals surface area contributed by atoms with Crippen molar-refractivity contribution in [2.75, 3.05) is 40.8 Å². The quantitative estimate of drug-likeness (QED) is 0.794. The summed E-state index contributed by atoms with van der Waals surface area (Å²) < 4.78 is 13.5. The highest BCUT2D eigenvalue weighted by molar-refractivity contribution is 5.25. The van der Waals surface area contributed by atoms with Gasteiger partial charge in [-0.2, -0.15) is 0 Å². The lowest BCUT2D eigenvalue weighted by Crippen LogP contribution is -2.27. The average molecular weight is 281 g/mol. The van der Waals surface area contributed by atoms with Gasteiger partial charge in [-0.3, -0.25) is 0 Å². The summed E-state index contributed by atoms with van der Waals surface area (Å²) in [4.78, 5) is 4.47. The maximum Gasteiger partial charge on any atom is 0.126 e. The van der Waals surface area contributed by atoms with Crippen LogP contribution in [0, 0.1) is 12.7 Å². The van der Waals surface area contributed by atoms with Crippen LogP contribution in [0.4, 0.5) is 4.39 Å². The molecule has 0 radical (unpaired) electrons.